The Labute approximate surface area is 138 Å². The number of rotatable bonds is 3. The number of benzene rings is 1. The average Bonchev–Trinajstić information content (AvgIpc) is 3.03. The zero-order chi connectivity index (χ0) is 17.1. The molecule has 0 bridgehead atoms. The normalized spacial score (nSPS) is 14.7. The van der Waals surface area contributed by atoms with Gasteiger partial charge in [-0.15, -0.1) is 0 Å². The first-order chi connectivity index (χ1) is 11.6. The minimum absolute atomic E-state index is 0.000984. The molecule has 1 N–H and O–H groups in total. The van der Waals surface area contributed by atoms with Gasteiger partial charge in [0.25, 0.3) is 5.91 Å². The van der Waals surface area contributed by atoms with Crippen molar-refractivity contribution in [3.05, 3.63) is 30.0 Å². The van der Waals surface area contributed by atoms with Crippen LogP contribution in [0.3, 0.4) is 0 Å². The van der Waals surface area contributed by atoms with Crippen molar-refractivity contribution < 1.29 is 19.1 Å². The van der Waals surface area contributed by atoms with Gasteiger partial charge in [0.2, 0.25) is 5.91 Å². The second-order valence-electron chi connectivity index (χ2n) is 5.58. The van der Waals surface area contributed by atoms with E-state index in [-0.39, 0.29) is 24.1 Å². The molecule has 0 saturated carbocycles. The minimum Gasteiger partial charge on any atom is -0.451 e. The molecule has 8 nitrogen and oxygen atoms in total. The summed E-state index contributed by atoms with van der Waals surface area (Å²) in [6.45, 7) is 3.06. The van der Waals surface area contributed by atoms with Crippen molar-refractivity contribution in [2.75, 3.05) is 32.8 Å². The Bertz CT molecular complexity index is 777. The van der Waals surface area contributed by atoms with Crippen molar-refractivity contribution in [1.82, 2.24) is 20.0 Å². The van der Waals surface area contributed by atoms with E-state index in [2.05, 4.69) is 10.2 Å². The van der Waals surface area contributed by atoms with Gasteiger partial charge in [-0.05, 0) is 6.07 Å². The van der Waals surface area contributed by atoms with Crippen LogP contribution in [0.25, 0.3) is 10.9 Å². The number of para-hydroxylation sites is 1. The SMILES string of the molecule is CC(=O)N1CCN(C(=O)COC(=O)c2n[nH]c3ccccc23)CC1. The molecule has 1 fully saturated rings. The Balaban J connectivity index is 1.55. The smallest absolute Gasteiger partial charge is 0.359 e. The fourth-order valence-corrected chi connectivity index (χ4v) is 2.68. The lowest BCUT2D eigenvalue weighted by molar-refractivity contribution is -0.140. The maximum atomic E-state index is 12.1. The van der Waals surface area contributed by atoms with E-state index >= 15 is 0 Å². The highest BCUT2D eigenvalue weighted by molar-refractivity contribution is 6.02. The molecule has 1 aliphatic heterocycles. The topological polar surface area (TPSA) is 95.6 Å². The van der Waals surface area contributed by atoms with Crippen molar-refractivity contribution in [3.63, 3.8) is 0 Å². The van der Waals surface area contributed by atoms with Crippen LogP contribution in [0.1, 0.15) is 17.4 Å². The third-order valence-corrected chi connectivity index (χ3v) is 4.07. The number of hydrogen-bond donors (Lipinski definition) is 1. The second-order valence-corrected chi connectivity index (χ2v) is 5.58. The number of fused-ring (bicyclic) bond motifs is 1. The van der Waals surface area contributed by atoms with Gasteiger partial charge in [0.15, 0.2) is 12.3 Å². The van der Waals surface area contributed by atoms with Crippen molar-refractivity contribution in [1.29, 1.82) is 0 Å². The lowest BCUT2D eigenvalue weighted by Crippen LogP contribution is -2.51. The number of esters is 1. The van der Waals surface area contributed by atoms with Crippen LogP contribution in [0, 0.1) is 0 Å². The third kappa shape index (κ3) is 3.22. The highest BCUT2D eigenvalue weighted by Crippen LogP contribution is 2.15. The Morgan fingerprint density at radius 3 is 2.50 bits per heavy atom. The molecule has 0 spiro atoms. The van der Waals surface area contributed by atoms with Crippen LogP contribution in [0.15, 0.2) is 24.3 Å². The maximum Gasteiger partial charge on any atom is 0.359 e. The summed E-state index contributed by atoms with van der Waals surface area (Å²) in [6, 6.07) is 7.20. The van der Waals surface area contributed by atoms with E-state index in [1.165, 1.54) is 6.92 Å². The number of ether oxygens (including phenoxy) is 1. The molecule has 24 heavy (non-hydrogen) atoms. The van der Waals surface area contributed by atoms with E-state index in [1.807, 2.05) is 6.07 Å². The first-order valence-electron chi connectivity index (χ1n) is 7.70. The highest BCUT2D eigenvalue weighted by atomic mass is 16.5. The molecule has 0 radical (unpaired) electrons. The van der Waals surface area contributed by atoms with Crippen molar-refractivity contribution in [3.8, 4) is 0 Å². The summed E-state index contributed by atoms with van der Waals surface area (Å²) in [5.74, 6) is -0.909. The molecule has 1 saturated heterocycles. The van der Waals surface area contributed by atoms with Gasteiger partial charge in [0, 0.05) is 38.5 Å². The third-order valence-electron chi connectivity index (χ3n) is 4.07. The Morgan fingerprint density at radius 1 is 1.12 bits per heavy atom. The van der Waals surface area contributed by atoms with Gasteiger partial charge < -0.3 is 14.5 Å². The van der Waals surface area contributed by atoms with Crippen LogP contribution in [0.5, 0.6) is 0 Å². The molecule has 0 unspecified atom stereocenters. The van der Waals surface area contributed by atoms with E-state index in [4.69, 9.17) is 4.74 Å². The lowest BCUT2D eigenvalue weighted by atomic mass is 10.2. The minimum atomic E-state index is -0.636. The van der Waals surface area contributed by atoms with Crippen molar-refractivity contribution in [2.24, 2.45) is 0 Å². The van der Waals surface area contributed by atoms with Gasteiger partial charge in [0.1, 0.15) is 0 Å². The molecule has 0 atom stereocenters. The van der Waals surface area contributed by atoms with Crippen LogP contribution in [0.4, 0.5) is 0 Å². The predicted octanol–water partition coefficient (Wildman–Crippen LogP) is 0.410. The molecule has 126 valence electrons. The summed E-state index contributed by atoms with van der Waals surface area (Å²) in [7, 11) is 0. The fourth-order valence-electron chi connectivity index (χ4n) is 2.68. The molecule has 0 aliphatic carbocycles. The van der Waals surface area contributed by atoms with Crippen LogP contribution in [0.2, 0.25) is 0 Å². The number of nitrogens with zero attached hydrogens (tertiary/aromatic N) is 3. The van der Waals surface area contributed by atoms with Gasteiger partial charge >= 0.3 is 5.97 Å². The molecule has 1 aromatic carbocycles. The van der Waals surface area contributed by atoms with Crippen LogP contribution < -0.4 is 0 Å². The van der Waals surface area contributed by atoms with Crippen molar-refractivity contribution >= 4 is 28.7 Å². The molecule has 1 aliphatic rings. The van der Waals surface area contributed by atoms with Crippen molar-refractivity contribution in [2.45, 2.75) is 6.92 Å². The quantitative estimate of drug-likeness (QED) is 0.823. The zero-order valence-corrected chi connectivity index (χ0v) is 13.3. The van der Waals surface area contributed by atoms with Gasteiger partial charge in [-0.2, -0.15) is 5.10 Å². The van der Waals surface area contributed by atoms with Crippen LogP contribution >= 0.6 is 0 Å². The first-order valence-corrected chi connectivity index (χ1v) is 7.70. The molecule has 3 rings (SSSR count). The number of aromatic amines is 1. The number of H-pyrrole nitrogens is 1. The summed E-state index contributed by atoms with van der Waals surface area (Å²) in [6.07, 6.45) is 0. The Kier molecular flexibility index (Phi) is 4.45. The Hall–Kier alpha value is -2.90. The molecule has 1 aromatic heterocycles. The van der Waals surface area contributed by atoms with Gasteiger partial charge in [-0.3, -0.25) is 14.7 Å². The first kappa shape index (κ1) is 16.0. The van der Waals surface area contributed by atoms with E-state index in [0.717, 1.165) is 5.52 Å². The molecule has 8 heteroatoms. The number of piperazine rings is 1. The van der Waals surface area contributed by atoms with Crippen LogP contribution in [-0.4, -0.2) is 70.6 Å². The van der Waals surface area contributed by atoms with Gasteiger partial charge in [-0.1, -0.05) is 18.2 Å². The Morgan fingerprint density at radius 2 is 1.79 bits per heavy atom. The maximum absolute atomic E-state index is 12.1. The van der Waals surface area contributed by atoms with E-state index in [1.54, 1.807) is 28.0 Å². The molecular weight excluding hydrogens is 312 g/mol. The average molecular weight is 330 g/mol. The number of hydrogen-bond acceptors (Lipinski definition) is 5. The van der Waals surface area contributed by atoms with Gasteiger partial charge in [-0.25, -0.2) is 4.79 Å². The van der Waals surface area contributed by atoms with E-state index in [9.17, 15) is 14.4 Å². The predicted molar refractivity (Wildman–Crippen MR) is 85.2 cm³/mol. The number of aromatic nitrogens is 2. The molecule has 2 heterocycles. The van der Waals surface area contributed by atoms with E-state index in [0.29, 0.717) is 31.6 Å². The summed E-state index contributed by atoms with van der Waals surface area (Å²) in [5, 5.41) is 7.36. The number of carbonyl (C=O) groups is 3. The zero-order valence-electron chi connectivity index (χ0n) is 13.3. The summed E-state index contributed by atoms with van der Waals surface area (Å²) < 4.78 is 5.09. The molecular formula is C16H18N4O4. The number of amides is 2. The molecule has 2 aromatic rings. The standard InChI is InChI=1S/C16H18N4O4/c1-11(21)19-6-8-20(9-7-19)14(22)10-24-16(23)15-12-4-2-3-5-13(12)17-18-15/h2-5H,6-10H2,1H3,(H,17,18). The summed E-state index contributed by atoms with van der Waals surface area (Å²) in [4.78, 5) is 38.8. The summed E-state index contributed by atoms with van der Waals surface area (Å²) >= 11 is 0. The fraction of sp³-hybridized carbons (Fsp3) is 0.375. The number of carbonyl (C=O) groups excluding carboxylic acids is 3. The second kappa shape index (κ2) is 6.69. The summed E-state index contributed by atoms with van der Waals surface area (Å²) in [5.41, 5.74) is 0.899. The highest BCUT2D eigenvalue weighted by Gasteiger charge is 2.24. The van der Waals surface area contributed by atoms with Crippen LogP contribution in [-0.2, 0) is 14.3 Å². The monoisotopic (exact) mass is 330 g/mol. The van der Waals surface area contributed by atoms with E-state index < -0.39 is 5.97 Å². The lowest BCUT2D eigenvalue weighted by Gasteiger charge is -2.34. The molecule has 2 amide bonds. The number of nitrogens with one attached hydrogen (secondary N) is 1. The van der Waals surface area contributed by atoms with Gasteiger partial charge in [0.05, 0.1) is 5.52 Å². The largest absolute Gasteiger partial charge is 0.451 e.